The van der Waals surface area contributed by atoms with Crippen LogP contribution in [0.5, 0.6) is 0 Å². The monoisotopic (exact) mass is 225 g/mol. The van der Waals surface area contributed by atoms with E-state index in [-0.39, 0.29) is 0 Å². The molecule has 0 amide bonds. The summed E-state index contributed by atoms with van der Waals surface area (Å²) in [6, 6.07) is 0. The van der Waals surface area contributed by atoms with Crippen LogP contribution >= 0.6 is 31.9 Å². The highest BCUT2D eigenvalue weighted by Gasteiger charge is 1.79. The first-order valence-corrected chi connectivity index (χ1v) is 3.29. The average Bonchev–Trinajstić information content (AvgIpc) is 1.27. The van der Waals surface area contributed by atoms with Gasteiger partial charge in [0.15, 0.2) is 0 Å². The molecule has 0 spiro atoms. The molecule has 0 heterocycles. The van der Waals surface area contributed by atoms with Crippen LogP contribution in [0.15, 0.2) is 10.6 Å². The largest absolute Gasteiger partial charge is 0.293 e. The van der Waals surface area contributed by atoms with Crippen molar-refractivity contribution in [3.8, 4) is 0 Å². The molecule has 0 radical (unpaired) electrons. The zero-order chi connectivity index (χ0) is 5.86. The Bertz CT molecular complexity index is 102. The normalized spacial score (nSPS) is 11.6. The maximum absolute atomic E-state index is 6.84. The Kier molecular flexibility index (Phi) is 3.56. The van der Waals surface area contributed by atoms with Crippen LogP contribution < -0.4 is 0 Å². The van der Waals surface area contributed by atoms with E-state index >= 15 is 0 Å². The van der Waals surface area contributed by atoms with Crippen molar-refractivity contribution in [2.24, 2.45) is 0 Å². The Morgan fingerprint density at radius 3 is 2.00 bits per heavy atom. The second-order valence-corrected chi connectivity index (χ2v) is 3.18. The quantitative estimate of drug-likeness (QED) is 0.665. The van der Waals surface area contributed by atoms with E-state index in [2.05, 4.69) is 31.9 Å². The van der Waals surface area contributed by atoms with Crippen molar-refractivity contribution in [1.82, 2.24) is 0 Å². The Morgan fingerprint density at radius 1 is 1.57 bits per heavy atom. The predicted octanol–water partition coefficient (Wildman–Crippen LogP) is 2.66. The van der Waals surface area contributed by atoms with Crippen LogP contribution in [0.1, 0.15) is 6.92 Å². The van der Waals surface area contributed by atoms with Gasteiger partial charge in [-0.2, -0.15) is 0 Å². The van der Waals surface area contributed by atoms with E-state index < -0.39 is 0 Å². The molecule has 0 bridgehead atoms. The molecule has 0 aromatic rings. The smallest absolute Gasteiger partial charge is 0.0974 e. The van der Waals surface area contributed by atoms with Gasteiger partial charge in [-0.15, -0.1) is 0 Å². The molecule has 0 saturated heterocycles. The number of halogens is 2. The lowest BCUT2D eigenvalue weighted by Gasteiger charge is -1.79. The van der Waals surface area contributed by atoms with Crippen molar-refractivity contribution >= 4 is 36.5 Å². The number of allylic oxidation sites excluding steroid dienone is 2. The summed E-state index contributed by atoms with van der Waals surface area (Å²) in [6.45, 7) is 1.87. The summed E-state index contributed by atoms with van der Waals surface area (Å²) in [5.74, 6) is 0. The van der Waals surface area contributed by atoms with E-state index in [0.29, 0.717) is 4.62 Å². The first-order chi connectivity index (χ1) is 3.13. The fourth-order valence-electron chi connectivity index (χ4n) is 0.175. The molecule has 0 fully saturated rings. The highest BCUT2D eigenvalue weighted by Crippen LogP contribution is 2.03. The molecule has 0 unspecified atom stereocenters. The van der Waals surface area contributed by atoms with Gasteiger partial charge in [0, 0.05) is 0 Å². The molecule has 1 nitrogen and oxygen atoms in total. The van der Waals surface area contributed by atoms with Gasteiger partial charge in [0.05, 0.1) is 4.62 Å². The van der Waals surface area contributed by atoms with Crippen molar-refractivity contribution in [2.75, 3.05) is 0 Å². The van der Waals surface area contributed by atoms with Crippen LogP contribution in [-0.4, -0.2) is 4.62 Å². The van der Waals surface area contributed by atoms with Gasteiger partial charge in [0.1, 0.15) is 0 Å². The number of hydrogen-bond donors (Lipinski definition) is 1. The maximum atomic E-state index is 6.84. The fraction of sp³-hybridized carbons (Fsp3) is 0.250. The summed E-state index contributed by atoms with van der Waals surface area (Å²) in [7, 11) is 0. The lowest BCUT2D eigenvalue weighted by molar-refractivity contribution is 1.56. The lowest BCUT2D eigenvalue weighted by atomic mass is 10.6. The van der Waals surface area contributed by atoms with Crippen LogP contribution in [0.4, 0.5) is 0 Å². The van der Waals surface area contributed by atoms with Gasteiger partial charge in [-0.3, -0.25) is 5.41 Å². The van der Waals surface area contributed by atoms with Crippen molar-refractivity contribution < 1.29 is 0 Å². The molecule has 40 valence electrons. The molecule has 0 aliphatic carbocycles. The van der Waals surface area contributed by atoms with Gasteiger partial charge in [-0.1, -0.05) is 15.9 Å². The Hall–Kier alpha value is 0.370. The first-order valence-electron chi connectivity index (χ1n) is 1.71. The van der Waals surface area contributed by atoms with E-state index in [9.17, 15) is 0 Å². The maximum Gasteiger partial charge on any atom is 0.0974 e. The minimum atomic E-state index is 0.391. The number of rotatable bonds is 1. The van der Waals surface area contributed by atoms with E-state index in [1.807, 2.05) is 6.92 Å². The third-order valence-electron chi connectivity index (χ3n) is 0.326. The van der Waals surface area contributed by atoms with Gasteiger partial charge in [-0.25, -0.2) is 0 Å². The van der Waals surface area contributed by atoms with Crippen LogP contribution in [0, 0.1) is 5.41 Å². The third-order valence-corrected chi connectivity index (χ3v) is 0.783. The average molecular weight is 227 g/mol. The van der Waals surface area contributed by atoms with Crippen LogP contribution in [0.2, 0.25) is 0 Å². The zero-order valence-corrected chi connectivity index (χ0v) is 7.01. The van der Waals surface area contributed by atoms with Crippen LogP contribution in [0.25, 0.3) is 0 Å². The molecule has 0 aromatic carbocycles. The topological polar surface area (TPSA) is 23.9 Å². The standard InChI is InChI=1S/C4H5Br2N/c1-3(5)2-4(6)7/h2,7H,1H3/b3-2+,7-4?. The Balaban J connectivity index is 3.68. The molecule has 0 aliphatic rings. The molecular formula is C4H5Br2N. The van der Waals surface area contributed by atoms with Crippen molar-refractivity contribution in [1.29, 1.82) is 5.41 Å². The molecule has 0 rings (SSSR count). The van der Waals surface area contributed by atoms with Gasteiger partial charge >= 0.3 is 0 Å². The molecule has 3 heteroatoms. The summed E-state index contributed by atoms with van der Waals surface area (Å²) < 4.78 is 1.34. The summed E-state index contributed by atoms with van der Waals surface area (Å²) in [5.41, 5.74) is 0. The van der Waals surface area contributed by atoms with Gasteiger partial charge in [-0.05, 0) is 33.4 Å². The third kappa shape index (κ3) is 6.37. The molecular weight excluding hydrogens is 222 g/mol. The Morgan fingerprint density at radius 2 is 2.00 bits per heavy atom. The predicted molar refractivity (Wildman–Crippen MR) is 39.3 cm³/mol. The van der Waals surface area contributed by atoms with Crippen molar-refractivity contribution in [3.05, 3.63) is 10.6 Å². The van der Waals surface area contributed by atoms with Crippen molar-refractivity contribution in [2.45, 2.75) is 6.92 Å². The van der Waals surface area contributed by atoms with Gasteiger partial charge in [0.25, 0.3) is 0 Å². The number of hydrogen-bond acceptors (Lipinski definition) is 1. The molecule has 0 aliphatic heterocycles. The van der Waals surface area contributed by atoms with Gasteiger partial charge < -0.3 is 0 Å². The Labute approximate surface area is 59.6 Å². The highest BCUT2D eigenvalue weighted by molar-refractivity contribution is 9.18. The summed E-state index contributed by atoms with van der Waals surface area (Å²) in [5, 5.41) is 6.84. The van der Waals surface area contributed by atoms with E-state index in [4.69, 9.17) is 5.41 Å². The SMILES string of the molecule is C/C(Br)=C\C(=N)Br. The lowest BCUT2D eigenvalue weighted by Crippen LogP contribution is -1.70. The summed E-state index contributed by atoms with van der Waals surface area (Å²) in [6.07, 6.45) is 1.67. The molecule has 1 N–H and O–H groups in total. The second kappa shape index (κ2) is 3.38. The van der Waals surface area contributed by atoms with E-state index in [1.54, 1.807) is 6.08 Å². The summed E-state index contributed by atoms with van der Waals surface area (Å²) >= 11 is 6.12. The molecule has 0 saturated carbocycles. The van der Waals surface area contributed by atoms with Gasteiger partial charge in [0.2, 0.25) is 0 Å². The summed E-state index contributed by atoms with van der Waals surface area (Å²) in [4.78, 5) is 0. The first kappa shape index (κ1) is 7.37. The zero-order valence-electron chi connectivity index (χ0n) is 3.83. The molecule has 0 aromatic heterocycles. The van der Waals surface area contributed by atoms with Crippen LogP contribution in [0.3, 0.4) is 0 Å². The molecule has 0 atom stereocenters. The molecule has 7 heavy (non-hydrogen) atoms. The van der Waals surface area contributed by atoms with E-state index in [0.717, 1.165) is 4.48 Å². The van der Waals surface area contributed by atoms with Crippen LogP contribution in [-0.2, 0) is 0 Å². The second-order valence-electron chi connectivity index (χ2n) is 1.08. The van der Waals surface area contributed by atoms with Crippen molar-refractivity contribution in [3.63, 3.8) is 0 Å². The van der Waals surface area contributed by atoms with E-state index in [1.165, 1.54) is 0 Å². The minimum Gasteiger partial charge on any atom is -0.293 e. The highest BCUT2D eigenvalue weighted by atomic mass is 79.9. The number of nitrogens with one attached hydrogen (secondary N) is 1. The minimum absolute atomic E-state index is 0.391. The fourth-order valence-corrected chi connectivity index (χ4v) is 1.05.